The van der Waals surface area contributed by atoms with Crippen molar-refractivity contribution in [2.45, 2.75) is 38.8 Å². The van der Waals surface area contributed by atoms with E-state index in [0.29, 0.717) is 6.04 Å². The molecular formula is C18H32ClN3. The molecule has 0 saturated carbocycles. The summed E-state index contributed by atoms with van der Waals surface area (Å²) in [6, 6.07) is 11.2. The lowest BCUT2D eigenvalue weighted by Crippen LogP contribution is -2.42. The number of halogens is 1. The van der Waals surface area contributed by atoms with Gasteiger partial charge >= 0.3 is 0 Å². The predicted molar refractivity (Wildman–Crippen MR) is 97.5 cm³/mol. The smallest absolute Gasteiger partial charge is 0.0424 e. The molecule has 126 valence electrons. The van der Waals surface area contributed by atoms with Gasteiger partial charge in [-0.3, -0.25) is 0 Å². The standard InChI is InChI=1S/C18H31N3.ClH/c1-15(2)21-11-9-16(10-12-21)13-20(3)14-18(19)17-7-5-4-6-8-17;/h4-8,15-16,18H,9-14,19H2,1-3H3;1H/t18-;/m0./s1. The summed E-state index contributed by atoms with van der Waals surface area (Å²) in [7, 11) is 2.21. The van der Waals surface area contributed by atoms with Crippen LogP contribution in [0.25, 0.3) is 0 Å². The second kappa shape index (κ2) is 9.51. The van der Waals surface area contributed by atoms with Gasteiger partial charge in [0.1, 0.15) is 0 Å². The van der Waals surface area contributed by atoms with Gasteiger partial charge in [-0.25, -0.2) is 0 Å². The molecule has 0 aromatic heterocycles. The van der Waals surface area contributed by atoms with E-state index in [1.165, 1.54) is 38.0 Å². The normalized spacial score (nSPS) is 18.5. The molecule has 0 radical (unpaired) electrons. The van der Waals surface area contributed by atoms with Crippen molar-refractivity contribution in [1.82, 2.24) is 9.80 Å². The Morgan fingerprint density at radius 3 is 2.32 bits per heavy atom. The van der Waals surface area contributed by atoms with E-state index >= 15 is 0 Å². The molecule has 1 aromatic carbocycles. The van der Waals surface area contributed by atoms with Crippen LogP contribution in [0.5, 0.6) is 0 Å². The second-order valence-corrected chi connectivity index (χ2v) is 6.81. The van der Waals surface area contributed by atoms with E-state index in [-0.39, 0.29) is 18.4 Å². The zero-order chi connectivity index (χ0) is 15.2. The first kappa shape index (κ1) is 19.4. The fraction of sp³-hybridized carbons (Fsp3) is 0.667. The van der Waals surface area contributed by atoms with Gasteiger partial charge in [0, 0.05) is 25.2 Å². The molecule has 3 nitrogen and oxygen atoms in total. The van der Waals surface area contributed by atoms with E-state index in [4.69, 9.17) is 5.73 Å². The summed E-state index contributed by atoms with van der Waals surface area (Å²) in [6.07, 6.45) is 2.65. The first-order valence-electron chi connectivity index (χ1n) is 8.29. The third-order valence-electron chi connectivity index (χ3n) is 4.69. The number of nitrogens with two attached hydrogens (primary N) is 1. The maximum atomic E-state index is 6.31. The lowest BCUT2D eigenvalue weighted by Gasteiger charge is -2.36. The third kappa shape index (κ3) is 5.88. The minimum Gasteiger partial charge on any atom is -0.323 e. The zero-order valence-corrected chi connectivity index (χ0v) is 15.1. The lowest BCUT2D eigenvalue weighted by atomic mass is 9.95. The highest BCUT2D eigenvalue weighted by Gasteiger charge is 2.22. The highest BCUT2D eigenvalue weighted by molar-refractivity contribution is 5.85. The molecule has 1 aliphatic heterocycles. The number of likely N-dealkylation sites (N-methyl/N-ethyl adjacent to an activating group) is 1. The van der Waals surface area contributed by atoms with Gasteiger partial charge in [-0.05, 0) is 58.3 Å². The maximum Gasteiger partial charge on any atom is 0.0424 e. The van der Waals surface area contributed by atoms with Gasteiger partial charge < -0.3 is 15.5 Å². The third-order valence-corrected chi connectivity index (χ3v) is 4.69. The molecule has 1 aromatic rings. The van der Waals surface area contributed by atoms with E-state index in [1.807, 2.05) is 6.07 Å². The Morgan fingerprint density at radius 2 is 1.77 bits per heavy atom. The minimum atomic E-state index is 0. The van der Waals surface area contributed by atoms with Gasteiger partial charge in [0.15, 0.2) is 0 Å². The molecular weight excluding hydrogens is 294 g/mol. The average molecular weight is 326 g/mol. The van der Waals surface area contributed by atoms with Gasteiger partial charge in [-0.1, -0.05) is 30.3 Å². The van der Waals surface area contributed by atoms with Crippen LogP contribution in [-0.4, -0.2) is 49.1 Å². The molecule has 1 fully saturated rings. The highest BCUT2D eigenvalue weighted by Crippen LogP contribution is 2.20. The van der Waals surface area contributed by atoms with Gasteiger partial charge in [0.05, 0.1) is 0 Å². The van der Waals surface area contributed by atoms with Crippen LogP contribution in [0.1, 0.15) is 38.3 Å². The van der Waals surface area contributed by atoms with Crippen molar-refractivity contribution in [2.75, 3.05) is 33.2 Å². The fourth-order valence-corrected chi connectivity index (χ4v) is 3.31. The van der Waals surface area contributed by atoms with E-state index in [0.717, 1.165) is 12.5 Å². The second-order valence-electron chi connectivity index (χ2n) is 6.81. The lowest BCUT2D eigenvalue weighted by molar-refractivity contribution is 0.127. The Hall–Kier alpha value is -0.610. The monoisotopic (exact) mass is 325 g/mol. The molecule has 0 bridgehead atoms. The topological polar surface area (TPSA) is 32.5 Å². The first-order chi connectivity index (χ1) is 10.1. The molecule has 2 rings (SSSR count). The van der Waals surface area contributed by atoms with Crippen LogP contribution < -0.4 is 5.73 Å². The van der Waals surface area contributed by atoms with Crippen LogP contribution in [0, 0.1) is 5.92 Å². The molecule has 0 unspecified atom stereocenters. The van der Waals surface area contributed by atoms with Crippen LogP contribution in [0.2, 0.25) is 0 Å². The SMILES string of the molecule is CC(C)N1CCC(CN(C)C[C@H](N)c2ccccc2)CC1.Cl. The molecule has 4 heteroatoms. The number of piperidine rings is 1. The summed E-state index contributed by atoms with van der Waals surface area (Å²) < 4.78 is 0. The Bertz CT molecular complexity index is 402. The van der Waals surface area contributed by atoms with Crippen molar-refractivity contribution in [3.05, 3.63) is 35.9 Å². The number of hydrogen-bond acceptors (Lipinski definition) is 3. The van der Waals surface area contributed by atoms with Crippen LogP contribution in [0.3, 0.4) is 0 Å². The molecule has 1 saturated heterocycles. The summed E-state index contributed by atoms with van der Waals surface area (Å²) in [5.74, 6) is 0.827. The van der Waals surface area contributed by atoms with Gasteiger partial charge in [0.25, 0.3) is 0 Å². The van der Waals surface area contributed by atoms with Gasteiger partial charge in [-0.15, -0.1) is 12.4 Å². The zero-order valence-electron chi connectivity index (χ0n) is 14.2. The van der Waals surface area contributed by atoms with Crippen molar-refractivity contribution in [3.8, 4) is 0 Å². The predicted octanol–water partition coefficient (Wildman–Crippen LogP) is 3.16. The summed E-state index contributed by atoms with van der Waals surface area (Å²) in [4.78, 5) is 5.00. The summed E-state index contributed by atoms with van der Waals surface area (Å²) in [5, 5.41) is 0. The first-order valence-corrected chi connectivity index (χ1v) is 8.29. The summed E-state index contributed by atoms with van der Waals surface area (Å²) >= 11 is 0. The molecule has 2 N–H and O–H groups in total. The maximum absolute atomic E-state index is 6.31. The van der Waals surface area contributed by atoms with E-state index in [9.17, 15) is 0 Å². The number of likely N-dealkylation sites (tertiary alicyclic amines) is 1. The van der Waals surface area contributed by atoms with Gasteiger partial charge in [0.2, 0.25) is 0 Å². The van der Waals surface area contributed by atoms with Crippen LogP contribution in [0.4, 0.5) is 0 Å². The Labute approximate surface area is 142 Å². The van der Waals surface area contributed by atoms with Crippen molar-refractivity contribution < 1.29 is 0 Å². The van der Waals surface area contributed by atoms with E-state index < -0.39 is 0 Å². The highest BCUT2D eigenvalue weighted by atomic mass is 35.5. The average Bonchev–Trinajstić information content (AvgIpc) is 2.48. The van der Waals surface area contributed by atoms with Crippen LogP contribution >= 0.6 is 12.4 Å². The molecule has 22 heavy (non-hydrogen) atoms. The number of nitrogens with zero attached hydrogens (tertiary/aromatic N) is 2. The van der Waals surface area contributed by atoms with E-state index in [2.05, 4.69) is 55.0 Å². The van der Waals surface area contributed by atoms with Crippen molar-refractivity contribution in [3.63, 3.8) is 0 Å². The number of hydrogen-bond donors (Lipinski definition) is 1. The number of rotatable bonds is 6. The molecule has 0 amide bonds. The summed E-state index contributed by atoms with van der Waals surface area (Å²) in [5.41, 5.74) is 7.55. The number of benzene rings is 1. The molecule has 1 heterocycles. The Morgan fingerprint density at radius 1 is 1.18 bits per heavy atom. The Balaban J connectivity index is 0.00000242. The fourth-order valence-electron chi connectivity index (χ4n) is 3.31. The largest absolute Gasteiger partial charge is 0.323 e. The molecule has 1 atom stereocenters. The van der Waals surface area contributed by atoms with Crippen molar-refractivity contribution in [1.29, 1.82) is 0 Å². The minimum absolute atomic E-state index is 0. The quantitative estimate of drug-likeness (QED) is 0.872. The molecule has 1 aliphatic rings. The van der Waals surface area contributed by atoms with Crippen LogP contribution in [0.15, 0.2) is 30.3 Å². The van der Waals surface area contributed by atoms with Gasteiger partial charge in [-0.2, -0.15) is 0 Å². The van der Waals surface area contributed by atoms with Crippen molar-refractivity contribution in [2.24, 2.45) is 11.7 Å². The van der Waals surface area contributed by atoms with Crippen LogP contribution in [-0.2, 0) is 0 Å². The molecule has 0 aliphatic carbocycles. The summed E-state index contributed by atoms with van der Waals surface area (Å²) in [6.45, 7) is 9.21. The van der Waals surface area contributed by atoms with Crippen molar-refractivity contribution >= 4 is 12.4 Å². The molecule has 0 spiro atoms. The van der Waals surface area contributed by atoms with E-state index in [1.54, 1.807) is 0 Å². The Kier molecular flexibility index (Phi) is 8.40.